The van der Waals surface area contributed by atoms with Gasteiger partial charge in [-0.15, -0.1) is 11.8 Å². The SMILES string of the molecule is Cc1cccc(C)c1NC(=O)C(C)Sc1ccc(N)cc1. The van der Waals surface area contributed by atoms with E-state index in [1.807, 2.05) is 63.2 Å². The summed E-state index contributed by atoms with van der Waals surface area (Å²) in [6.07, 6.45) is 0. The Hall–Kier alpha value is -1.94. The van der Waals surface area contributed by atoms with Gasteiger partial charge in [0.2, 0.25) is 5.91 Å². The molecule has 0 aliphatic heterocycles. The Morgan fingerprint density at radius 2 is 1.67 bits per heavy atom. The summed E-state index contributed by atoms with van der Waals surface area (Å²) in [5.41, 5.74) is 9.46. The third-order valence-corrected chi connectivity index (χ3v) is 4.40. The van der Waals surface area contributed by atoms with Gasteiger partial charge in [0.1, 0.15) is 0 Å². The van der Waals surface area contributed by atoms with Crippen molar-refractivity contribution in [2.45, 2.75) is 30.9 Å². The number of thioether (sulfide) groups is 1. The van der Waals surface area contributed by atoms with E-state index in [9.17, 15) is 4.79 Å². The van der Waals surface area contributed by atoms with Crippen LogP contribution < -0.4 is 11.1 Å². The number of hydrogen-bond donors (Lipinski definition) is 2. The van der Waals surface area contributed by atoms with E-state index in [-0.39, 0.29) is 11.2 Å². The van der Waals surface area contributed by atoms with Crippen molar-refractivity contribution < 1.29 is 4.79 Å². The largest absolute Gasteiger partial charge is 0.399 e. The maximum absolute atomic E-state index is 12.3. The number of hydrogen-bond acceptors (Lipinski definition) is 3. The molecule has 0 saturated carbocycles. The Morgan fingerprint density at radius 3 is 2.24 bits per heavy atom. The van der Waals surface area contributed by atoms with E-state index in [0.717, 1.165) is 27.4 Å². The molecule has 0 spiro atoms. The molecule has 21 heavy (non-hydrogen) atoms. The standard InChI is InChI=1S/C17H20N2OS/c1-11-5-4-6-12(2)16(11)19-17(20)13(3)21-15-9-7-14(18)8-10-15/h4-10,13H,18H2,1-3H3,(H,19,20). The highest BCUT2D eigenvalue weighted by Gasteiger charge is 2.16. The third kappa shape index (κ3) is 4.02. The van der Waals surface area contributed by atoms with Crippen LogP contribution in [0.5, 0.6) is 0 Å². The van der Waals surface area contributed by atoms with Crippen LogP contribution in [0.3, 0.4) is 0 Å². The normalized spacial score (nSPS) is 12.0. The third-order valence-electron chi connectivity index (χ3n) is 3.29. The molecule has 2 rings (SSSR count). The molecule has 0 saturated heterocycles. The predicted molar refractivity (Wildman–Crippen MR) is 90.7 cm³/mol. The Kier molecular flexibility index (Phi) is 4.91. The van der Waals surface area contributed by atoms with Crippen LogP contribution in [-0.2, 0) is 4.79 Å². The number of para-hydroxylation sites is 1. The Morgan fingerprint density at radius 1 is 1.10 bits per heavy atom. The molecule has 0 aliphatic rings. The number of anilines is 2. The summed E-state index contributed by atoms with van der Waals surface area (Å²) in [5.74, 6) is 0.00854. The first kappa shape index (κ1) is 15.4. The highest BCUT2D eigenvalue weighted by molar-refractivity contribution is 8.00. The average Bonchev–Trinajstić information content (AvgIpc) is 2.45. The van der Waals surface area contributed by atoms with E-state index >= 15 is 0 Å². The number of carbonyl (C=O) groups is 1. The molecule has 2 aromatic carbocycles. The quantitative estimate of drug-likeness (QED) is 0.662. The van der Waals surface area contributed by atoms with Crippen LogP contribution >= 0.6 is 11.8 Å². The van der Waals surface area contributed by atoms with Crippen LogP contribution in [0.1, 0.15) is 18.1 Å². The zero-order valence-electron chi connectivity index (χ0n) is 12.5. The lowest BCUT2D eigenvalue weighted by atomic mass is 10.1. The van der Waals surface area contributed by atoms with Gasteiger partial charge in [0, 0.05) is 16.3 Å². The molecule has 4 heteroatoms. The van der Waals surface area contributed by atoms with Crippen LogP contribution in [0, 0.1) is 13.8 Å². The number of amides is 1. The number of nitrogens with one attached hydrogen (secondary N) is 1. The van der Waals surface area contributed by atoms with Crippen molar-refractivity contribution in [3.8, 4) is 0 Å². The van der Waals surface area contributed by atoms with Gasteiger partial charge < -0.3 is 11.1 Å². The highest BCUT2D eigenvalue weighted by Crippen LogP contribution is 2.26. The number of benzene rings is 2. The molecule has 2 aromatic rings. The second-order valence-corrected chi connectivity index (χ2v) is 6.50. The highest BCUT2D eigenvalue weighted by atomic mass is 32.2. The van der Waals surface area contributed by atoms with E-state index in [2.05, 4.69) is 5.32 Å². The van der Waals surface area contributed by atoms with Crippen LogP contribution in [0.4, 0.5) is 11.4 Å². The van der Waals surface area contributed by atoms with Crippen molar-refractivity contribution in [3.05, 3.63) is 53.6 Å². The first-order valence-corrected chi connectivity index (χ1v) is 7.74. The van der Waals surface area contributed by atoms with Gasteiger partial charge >= 0.3 is 0 Å². The molecule has 1 unspecified atom stereocenters. The molecule has 3 nitrogen and oxygen atoms in total. The Bertz CT molecular complexity index is 617. The fourth-order valence-corrected chi connectivity index (χ4v) is 2.91. The van der Waals surface area contributed by atoms with Crippen molar-refractivity contribution in [2.24, 2.45) is 0 Å². The maximum Gasteiger partial charge on any atom is 0.237 e. The summed E-state index contributed by atoms with van der Waals surface area (Å²) in [4.78, 5) is 13.4. The second kappa shape index (κ2) is 6.68. The minimum Gasteiger partial charge on any atom is -0.399 e. The monoisotopic (exact) mass is 300 g/mol. The summed E-state index contributed by atoms with van der Waals surface area (Å²) in [5, 5.41) is 2.85. The van der Waals surface area contributed by atoms with Gasteiger partial charge in [-0.25, -0.2) is 0 Å². The first-order valence-electron chi connectivity index (χ1n) is 6.86. The van der Waals surface area contributed by atoms with Crippen molar-refractivity contribution in [1.29, 1.82) is 0 Å². The predicted octanol–water partition coefficient (Wildman–Crippen LogP) is 4.00. The lowest BCUT2D eigenvalue weighted by molar-refractivity contribution is -0.115. The molecule has 0 aliphatic carbocycles. The summed E-state index contributed by atoms with van der Waals surface area (Å²) in [6.45, 7) is 5.91. The van der Waals surface area contributed by atoms with Crippen molar-refractivity contribution >= 4 is 29.0 Å². The Balaban J connectivity index is 2.04. The van der Waals surface area contributed by atoms with Gasteiger partial charge in [-0.05, 0) is 56.2 Å². The van der Waals surface area contributed by atoms with Crippen molar-refractivity contribution in [3.63, 3.8) is 0 Å². The van der Waals surface area contributed by atoms with Crippen LogP contribution in [0.25, 0.3) is 0 Å². The molecule has 0 aromatic heterocycles. The van der Waals surface area contributed by atoms with Crippen LogP contribution in [0.2, 0.25) is 0 Å². The smallest absolute Gasteiger partial charge is 0.237 e. The van der Waals surface area contributed by atoms with Gasteiger partial charge in [0.15, 0.2) is 0 Å². The molecule has 1 amide bonds. The summed E-state index contributed by atoms with van der Waals surface area (Å²) in [6, 6.07) is 13.6. The molecule has 110 valence electrons. The molecule has 0 fully saturated rings. The molecule has 3 N–H and O–H groups in total. The minimum absolute atomic E-state index is 0.00854. The average molecular weight is 300 g/mol. The zero-order valence-corrected chi connectivity index (χ0v) is 13.3. The van der Waals surface area contributed by atoms with Gasteiger partial charge in [0.25, 0.3) is 0 Å². The van der Waals surface area contributed by atoms with E-state index in [1.165, 1.54) is 11.8 Å². The lowest BCUT2D eigenvalue weighted by Gasteiger charge is -2.15. The topological polar surface area (TPSA) is 55.1 Å². The lowest BCUT2D eigenvalue weighted by Crippen LogP contribution is -2.23. The summed E-state index contributed by atoms with van der Waals surface area (Å²) >= 11 is 1.52. The van der Waals surface area contributed by atoms with Gasteiger partial charge in [-0.1, -0.05) is 18.2 Å². The fraction of sp³-hybridized carbons (Fsp3) is 0.235. The van der Waals surface area contributed by atoms with Crippen LogP contribution in [-0.4, -0.2) is 11.2 Å². The molecular weight excluding hydrogens is 280 g/mol. The maximum atomic E-state index is 12.3. The second-order valence-electron chi connectivity index (χ2n) is 5.09. The minimum atomic E-state index is -0.173. The first-order chi connectivity index (χ1) is 9.97. The molecule has 0 bridgehead atoms. The number of rotatable bonds is 4. The number of nitrogens with two attached hydrogens (primary N) is 1. The molecule has 1 atom stereocenters. The molecule has 0 radical (unpaired) electrons. The van der Waals surface area contributed by atoms with Gasteiger partial charge in [0.05, 0.1) is 5.25 Å². The van der Waals surface area contributed by atoms with Gasteiger partial charge in [-0.3, -0.25) is 4.79 Å². The molecule has 0 heterocycles. The number of aryl methyl sites for hydroxylation is 2. The van der Waals surface area contributed by atoms with Crippen LogP contribution in [0.15, 0.2) is 47.4 Å². The van der Waals surface area contributed by atoms with E-state index in [0.29, 0.717) is 0 Å². The van der Waals surface area contributed by atoms with E-state index in [1.54, 1.807) is 0 Å². The number of nitrogen functional groups attached to an aromatic ring is 1. The van der Waals surface area contributed by atoms with E-state index in [4.69, 9.17) is 5.73 Å². The number of carbonyl (C=O) groups excluding carboxylic acids is 1. The molecular formula is C17H20N2OS. The van der Waals surface area contributed by atoms with E-state index < -0.39 is 0 Å². The summed E-state index contributed by atoms with van der Waals surface area (Å²) in [7, 11) is 0. The van der Waals surface area contributed by atoms with Crippen molar-refractivity contribution in [2.75, 3.05) is 11.1 Å². The summed E-state index contributed by atoms with van der Waals surface area (Å²) < 4.78 is 0. The fourth-order valence-electron chi connectivity index (χ4n) is 2.04. The van der Waals surface area contributed by atoms with Crippen molar-refractivity contribution in [1.82, 2.24) is 0 Å². The zero-order chi connectivity index (χ0) is 15.4. The Labute approximate surface area is 129 Å². The van der Waals surface area contributed by atoms with Gasteiger partial charge in [-0.2, -0.15) is 0 Å².